The number of carbonyl (C=O) groups excluding carboxylic acids is 1. The molecule has 17 heavy (non-hydrogen) atoms. The SMILES string of the molecule is C#CCC(N)C(=O)N1CCCN(CCO)CC1. The van der Waals surface area contributed by atoms with E-state index in [9.17, 15) is 4.79 Å². The first kappa shape index (κ1) is 14.0. The van der Waals surface area contributed by atoms with Crippen molar-refractivity contribution >= 4 is 5.91 Å². The number of hydrogen-bond donors (Lipinski definition) is 2. The number of carbonyl (C=O) groups is 1. The fraction of sp³-hybridized carbons (Fsp3) is 0.750. The van der Waals surface area contributed by atoms with E-state index in [1.54, 1.807) is 4.90 Å². The van der Waals surface area contributed by atoms with Gasteiger partial charge in [-0.15, -0.1) is 12.3 Å². The molecule has 1 fully saturated rings. The second-order valence-electron chi connectivity index (χ2n) is 4.26. The van der Waals surface area contributed by atoms with Gasteiger partial charge in [0, 0.05) is 32.6 Å². The first-order chi connectivity index (χ1) is 8.19. The summed E-state index contributed by atoms with van der Waals surface area (Å²) in [6.07, 6.45) is 6.35. The maximum atomic E-state index is 11.9. The summed E-state index contributed by atoms with van der Waals surface area (Å²) in [5.74, 6) is 2.35. The molecule has 0 aromatic heterocycles. The summed E-state index contributed by atoms with van der Waals surface area (Å²) in [5.41, 5.74) is 5.72. The van der Waals surface area contributed by atoms with Crippen LogP contribution in [0, 0.1) is 12.3 Å². The molecule has 0 aliphatic carbocycles. The van der Waals surface area contributed by atoms with Gasteiger partial charge in [0.05, 0.1) is 12.6 Å². The minimum atomic E-state index is -0.579. The van der Waals surface area contributed by atoms with Crippen LogP contribution in [-0.2, 0) is 4.79 Å². The third kappa shape index (κ3) is 4.35. The molecular formula is C12H21N3O2. The van der Waals surface area contributed by atoms with Gasteiger partial charge in [-0.25, -0.2) is 0 Å². The first-order valence-electron chi connectivity index (χ1n) is 6.00. The zero-order chi connectivity index (χ0) is 12.7. The van der Waals surface area contributed by atoms with Gasteiger partial charge in [0.15, 0.2) is 0 Å². The predicted octanol–water partition coefficient (Wildman–Crippen LogP) is -1.14. The van der Waals surface area contributed by atoms with Gasteiger partial charge in [0.1, 0.15) is 0 Å². The van der Waals surface area contributed by atoms with E-state index in [2.05, 4.69) is 10.8 Å². The number of aliphatic hydroxyl groups is 1. The van der Waals surface area contributed by atoms with Gasteiger partial charge in [-0.1, -0.05) is 0 Å². The molecule has 1 amide bonds. The van der Waals surface area contributed by atoms with Crippen LogP contribution in [0.4, 0.5) is 0 Å². The van der Waals surface area contributed by atoms with E-state index in [-0.39, 0.29) is 18.9 Å². The fourth-order valence-electron chi connectivity index (χ4n) is 2.01. The van der Waals surface area contributed by atoms with Crippen molar-refractivity contribution < 1.29 is 9.90 Å². The molecule has 1 aliphatic rings. The van der Waals surface area contributed by atoms with Gasteiger partial charge < -0.3 is 15.7 Å². The van der Waals surface area contributed by atoms with E-state index in [0.717, 1.165) is 26.1 Å². The van der Waals surface area contributed by atoms with Crippen LogP contribution in [0.25, 0.3) is 0 Å². The van der Waals surface area contributed by atoms with E-state index in [0.29, 0.717) is 13.1 Å². The summed E-state index contributed by atoms with van der Waals surface area (Å²) in [7, 11) is 0. The molecular weight excluding hydrogens is 218 g/mol. The van der Waals surface area contributed by atoms with Crippen LogP contribution in [0.2, 0.25) is 0 Å². The highest BCUT2D eigenvalue weighted by Crippen LogP contribution is 2.05. The van der Waals surface area contributed by atoms with Crippen LogP contribution in [0.3, 0.4) is 0 Å². The monoisotopic (exact) mass is 239 g/mol. The number of β-amino-alcohol motifs (C(OH)–C–C–N with tert-alkyl or cyclic N) is 1. The summed E-state index contributed by atoms with van der Waals surface area (Å²) >= 11 is 0. The molecule has 1 saturated heterocycles. The minimum Gasteiger partial charge on any atom is -0.395 e. The number of rotatable bonds is 4. The molecule has 3 N–H and O–H groups in total. The highest BCUT2D eigenvalue weighted by Gasteiger charge is 2.22. The van der Waals surface area contributed by atoms with Crippen molar-refractivity contribution in [1.29, 1.82) is 0 Å². The standard InChI is InChI=1S/C12H21N3O2/c1-2-4-11(13)12(17)15-6-3-5-14(7-8-15)9-10-16/h1,11,16H,3-10,13H2. The average molecular weight is 239 g/mol. The highest BCUT2D eigenvalue weighted by atomic mass is 16.3. The quantitative estimate of drug-likeness (QED) is 0.609. The number of nitrogens with two attached hydrogens (primary N) is 1. The Morgan fingerprint density at radius 1 is 1.41 bits per heavy atom. The molecule has 0 saturated carbocycles. The zero-order valence-electron chi connectivity index (χ0n) is 10.1. The number of hydrogen-bond acceptors (Lipinski definition) is 4. The molecule has 0 spiro atoms. The Bertz CT molecular complexity index is 288. The van der Waals surface area contributed by atoms with E-state index < -0.39 is 6.04 Å². The van der Waals surface area contributed by atoms with E-state index in [1.165, 1.54) is 0 Å². The second-order valence-corrected chi connectivity index (χ2v) is 4.26. The van der Waals surface area contributed by atoms with Crippen molar-refractivity contribution in [2.24, 2.45) is 5.73 Å². The van der Waals surface area contributed by atoms with Gasteiger partial charge in [-0.3, -0.25) is 9.69 Å². The highest BCUT2D eigenvalue weighted by molar-refractivity contribution is 5.82. The van der Waals surface area contributed by atoms with Crippen LogP contribution in [0.15, 0.2) is 0 Å². The number of aliphatic hydroxyl groups excluding tert-OH is 1. The molecule has 1 heterocycles. The molecule has 1 unspecified atom stereocenters. The van der Waals surface area contributed by atoms with E-state index in [1.807, 2.05) is 0 Å². The summed E-state index contributed by atoms with van der Waals surface area (Å²) in [6, 6.07) is -0.579. The van der Waals surface area contributed by atoms with Crippen LogP contribution in [-0.4, -0.2) is 66.2 Å². The molecule has 0 radical (unpaired) electrons. The number of amides is 1. The molecule has 5 nitrogen and oxygen atoms in total. The van der Waals surface area contributed by atoms with Crippen molar-refractivity contribution in [1.82, 2.24) is 9.80 Å². The van der Waals surface area contributed by atoms with Crippen LogP contribution >= 0.6 is 0 Å². The van der Waals surface area contributed by atoms with Crippen molar-refractivity contribution in [2.45, 2.75) is 18.9 Å². The van der Waals surface area contributed by atoms with Crippen molar-refractivity contribution in [2.75, 3.05) is 39.3 Å². The Balaban J connectivity index is 2.45. The Labute approximate surface area is 103 Å². The van der Waals surface area contributed by atoms with E-state index in [4.69, 9.17) is 17.3 Å². The first-order valence-corrected chi connectivity index (χ1v) is 6.00. The van der Waals surface area contributed by atoms with E-state index >= 15 is 0 Å². The lowest BCUT2D eigenvalue weighted by Crippen LogP contribution is -2.45. The molecule has 0 aromatic carbocycles. The Morgan fingerprint density at radius 2 is 2.18 bits per heavy atom. The number of terminal acetylenes is 1. The maximum Gasteiger partial charge on any atom is 0.240 e. The molecule has 1 aliphatic heterocycles. The molecule has 96 valence electrons. The molecule has 1 atom stereocenters. The summed E-state index contributed by atoms with van der Waals surface area (Å²) in [4.78, 5) is 15.9. The lowest BCUT2D eigenvalue weighted by atomic mass is 10.2. The van der Waals surface area contributed by atoms with Gasteiger partial charge in [0.25, 0.3) is 0 Å². The molecule has 5 heteroatoms. The van der Waals surface area contributed by atoms with Crippen LogP contribution in [0.1, 0.15) is 12.8 Å². The second kappa shape index (κ2) is 7.28. The minimum absolute atomic E-state index is 0.0613. The summed E-state index contributed by atoms with van der Waals surface area (Å²) < 4.78 is 0. The Morgan fingerprint density at radius 3 is 2.82 bits per heavy atom. The predicted molar refractivity (Wildman–Crippen MR) is 66.1 cm³/mol. The lowest BCUT2D eigenvalue weighted by molar-refractivity contribution is -0.132. The van der Waals surface area contributed by atoms with Gasteiger partial charge in [-0.05, 0) is 13.0 Å². The van der Waals surface area contributed by atoms with Gasteiger partial charge in [-0.2, -0.15) is 0 Å². The average Bonchev–Trinajstić information content (AvgIpc) is 2.54. The fourth-order valence-corrected chi connectivity index (χ4v) is 2.01. The Hall–Kier alpha value is -1.09. The Kier molecular flexibility index (Phi) is 5.98. The lowest BCUT2D eigenvalue weighted by Gasteiger charge is -2.23. The summed E-state index contributed by atoms with van der Waals surface area (Å²) in [5, 5.41) is 8.88. The van der Waals surface area contributed by atoms with Crippen molar-refractivity contribution in [3.63, 3.8) is 0 Å². The third-order valence-electron chi connectivity index (χ3n) is 2.97. The smallest absolute Gasteiger partial charge is 0.240 e. The maximum absolute atomic E-state index is 11.9. The molecule has 0 aromatic rings. The van der Waals surface area contributed by atoms with Crippen LogP contribution in [0.5, 0.6) is 0 Å². The zero-order valence-corrected chi connectivity index (χ0v) is 10.1. The summed E-state index contributed by atoms with van der Waals surface area (Å²) in [6.45, 7) is 3.91. The van der Waals surface area contributed by atoms with Gasteiger partial charge >= 0.3 is 0 Å². The topological polar surface area (TPSA) is 69.8 Å². The normalized spacial score (nSPS) is 19.5. The van der Waals surface area contributed by atoms with Crippen molar-refractivity contribution in [3.05, 3.63) is 0 Å². The number of nitrogens with zero attached hydrogens (tertiary/aromatic N) is 2. The largest absolute Gasteiger partial charge is 0.395 e. The van der Waals surface area contributed by atoms with Gasteiger partial charge in [0.2, 0.25) is 5.91 Å². The molecule has 0 bridgehead atoms. The molecule has 1 rings (SSSR count). The van der Waals surface area contributed by atoms with Crippen LogP contribution < -0.4 is 5.73 Å². The van der Waals surface area contributed by atoms with Crippen molar-refractivity contribution in [3.8, 4) is 12.3 Å². The third-order valence-corrected chi connectivity index (χ3v) is 2.97.